The molecule has 122 valence electrons. The van der Waals surface area contributed by atoms with Crippen molar-refractivity contribution in [2.24, 2.45) is 0 Å². The zero-order valence-electron chi connectivity index (χ0n) is 12.7. The van der Waals surface area contributed by atoms with Gasteiger partial charge in [-0.25, -0.2) is 0 Å². The highest BCUT2D eigenvalue weighted by Gasteiger charge is 2.15. The van der Waals surface area contributed by atoms with Crippen LogP contribution in [-0.4, -0.2) is 12.2 Å². The van der Waals surface area contributed by atoms with Crippen LogP contribution in [0.25, 0.3) is 11.3 Å². The van der Waals surface area contributed by atoms with E-state index in [4.69, 9.17) is 27.6 Å². The predicted molar refractivity (Wildman–Crippen MR) is 100 cm³/mol. The van der Waals surface area contributed by atoms with Crippen LogP contribution < -0.4 is 5.32 Å². The Hall–Kier alpha value is -1.88. The lowest BCUT2D eigenvalue weighted by molar-refractivity contribution is 0.0997. The van der Waals surface area contributed by atoms with Crippen LogP contribution in [0.1, 0.15) is 10.6 Å². The fourth-order valence-corrected chi connectivity index (χ4v) is 3.16. The highest BCUT2D eigenvalue weighted by Crippen LogP contribution is 2.32. The van der Waals surface area contributed by atoms with Gasteiger partial charge in [0.2, 0.25) is 0 Å². The van der Waals surface area contributed by atoms with Crippen molar-refractivity contribution < 1.29 is 9.21 Å². The molecule has 0 aliphatic carbocycles. The third-order valence-corrected chi connectivity index (χ3v) is 4.74. The van der Waals surface area contributed by atoms with Gasteiger partial charge < -0.3 is 9.73 Å². The zero-order valence-corrected chi connectivity index (χ0v) is 15.0. The van der Waals surface area contributed by atoms with E-state index in [2.05, 4.69) is 5.32 Å². The smallest absolute Gasteiger partial charge is 0.291 e. The molecule has 1 amide bonds. The molecule has 0 aliphatic rings. The normalized spacial score (nSPS) is 10.6. The number of carbonyl (C=O) groups is 1. The summed E-state index contributed by atoms with van der Waals surface area (Å²) in [5.41, 5.74) is 1.39. The largest absolute Gasteiger partial charge is 0.451 e. The average Bonchev–Trinajstić information content (AvgIpc) is 3.07. The summed E-state index contributed by atoms with van der Waals surface area (Å²) in [7, 11) is 0. The number of rotatable bonds is 4. The van der Waals surface area contributed by atoms with Gasteiger partial charge in [0.15, 0.2) is 5.76 Å². The van der Waals surface area contributed by atoms with Gasteiger partial charge in [0.05, 0.1) is 10.7 Å². The van der Waals surface area contributed by atoms with Gasteiger partial charge in [0.1, 0.15) is 5.76 Å². The minimum Gasteiger partial charge on any atom is -0.451 e. The summed E-state index contributed by atoms with van der Waals surface area (Å²) in [4.78, 5) is 13.4. The fraction of sp³-hybridized carbons (Fsp3) is 0.0556. The van der Waals surface area contributed by atoms with Crippen molar-refractivity contribution >= 4 is 46.6 Å². The van der Waals surface area contributed by atoms with Crippen LogP contribution in [0.3, 0.4) is 0 Å². The van der Waals surface area contributed by atoms with E-state index in [1.807, 2.05) is 30.5 Å². The third-order valence-electron chi connectivity index (χ3n) is 3.38. The summed E-state index contributed by atoms with van der Waals surface area (Å²) in [5, 5.41) is 3.91. The molecule has 2 aromatic carbocycles. The maximum Gasteiger partial charge on any atom is 0.291 e. The van der Waals surface area contributed by atoms with E-state index in [9.17, 15) is 4.79 Å². The Bertz CT molecular complexity index is 892. The zero-order chi connectivity index (χ0) is 17.1. The van der Waals surface area contributed by atoms with Gasteiger partial charge in [0, 0.05) is 15.5 Å². The Morgan fingerprint density at radius 3 is 2.67 bits per heavy atom. The Morgan fingerprint density at radius 2 is 1.88 bits per heavy atom. The topological polar surface area (TPSA) is 42.2 Å². The number of furan rings is 1. The Morgan fingerprint density at radius 1 is 1.08 bits per heavy atom. The Balaban J connectivity index is 1.85. The number of benzene rings is 2. The van der Waals surface area contributed by atoms with E-state index >= 15 is 0 Å². The van der Waals surface area contributed by atoms with Crippen LogP contribution in [-0.2, 0) is 0 Å². The van der Waals surface area contributed by atoms with Crippen LogP contribution in [0.4, 0.5) is 5.69 Å². The number of anilines is 1. The maximum atomic E-state index is 12.4. The minimum absolute atomic E-state index is 0.206. The van der Waals surface area contributed by atoms with Crippen molar-refractivity contribution in [1.82, 2.24) is 0 Å². The van der Waals surface area contributed by atoms with Crippen LogP contribution in [0.15, 0.2) is 63.9 Å². The van der Waals surface area contributed by atoms with Crippen molar-refractivity contribution in [1.29, 1.82) is 0 Å². The average molecular weight is 378 g/mol. The van der Waals surface area contributed by atoms with Gasteiger partial charge in [-0.1, -0.05) is 35.3 Å². The molecule has 3 rings (SSSR count). The first-order valence-corrected chi connectivity index (χ1v) is 9.06. The molecular formula is C18H13Cl2NO2S. The second-order valence-electron chi connectivity index (χ2n) is 4.94. The number of thioether (sulfide) groups is 1. The van der Waals surface area contributed by atoms with E-state index in [1.54, 1.807) is 42.1 Å². The van der Waals surface area contributed by atoms with Crippen molar-refractivity contribution in [3.05, 3.63) is 70.4 Å². The standard InChI is InChI=1S/C18H13Cl2NO2S/c1-24-17-5-3-2-4-14(17)21-18(22)16-9-8-15(23-16)12-10-11(19)6-7-13(12)20/h2-10H,1H3,(H,21,22). The van der Waals surface area contributed by atoms with Crippen LogP contribution in [0.5, 0.6) is 0 Å². The van der Waals surface area contributed by atoms with E-state index in [0.29, 0.717) is 21.4 Å². The van der Waals surface area contributed by atoms with Crippen molar-refractivity contribution in [2.75, 3.05) is 11.6 Å². The molecule has 0 atom stereocenters. The summed E-state index contributed by atoms with van der Waals surface area (Å²) in [6, 6.07) is 16.0. The number of amides is 1. The third kappa shape index (κ3) is 3.61. The van der Waals surface area contributed by atoms with Gasteiger partial charge in [-0.05, 0) is 48.7 Å². The highest BCUT2D eigenvalue weighted by atomic mass is 35.5. The summed E-state index contributed by atoms with van der Waals surface area (Å²) < 4.78 is 5.65. The molecule has 3 aromatic rings. The molecule has 1 N–H and O–H groups in total. The number of para-hydroxylation sites is 1. The lowest BCUT2D eigenvalue weighted by atomic mass is 10.2. The predicted octanol–water partition coefficient (Wildman–Crippen LogP) is 6.23. The molecule has 0 fully saturated rings. The van der Waals surface area contributed by atoms with Gasteiger partial charge in [-0.3, -0.25) is 4.79 Å². The van der Waals surface area contributed by atoms with Crippen LogP contribution in [0.2, 0.25) is 10.0 Å². The summed E-state index contributed by atoms with van der Waals surface area (Å²) in [6.07, 6.45) is 1.96. The number of hydrogen-bond donors (Lipinski definition) is 1. The van der Waals surface area contributed by atoms with Crippen LogP contribution in [0, 0.1) is 0 Å². The number of carbonyl (C=O) groups excluding carboxylic acids is 1. The number of hydrogen-bond acceptors (Lipinski definition) is 3. The van der Waals surface area contributed by atoms with Gasteiger partial charge in [0.25, 0.3) is 5.91 Å². The van der Waals surface area contributed by atoms with E-state index in [0.717, 1.165) is 10.6 Å². The summed E-state index contributed by atoms with van der Waals surface area (Å²) >= 11 is 13.7. The second kappa shape index (κ2) is 7.34. The molecule has 0 unspecified atom stereocenters. The SMILES string of the molecule is CSc1ccccc1NC(=O)c1ccc(-c2cc(Cl)ccc2Cl)o1. The molecule has 1 heterocycles. The molecule has 0 saturated heterocycles. The van der Waals surface area contributed by atoms with Crippen molar-refractivity contribution in [3.63, 3.8) is 0 Å². The molecular weight excluding hydrogens is 365 g/mol. The second-order valence-corrected chi connectivity index (χ2v) is 6.63. The molecule has 24 heavy (non-hydrogen) atoms. The first-order valence-electron chi connectivity index (χ1n) is 7.08. The maximum absolute atomic E-state index is 12.4. The minimum atomic E-state index is -0.319. The molecule has 3 nitrogen and oxygen atoms in total. The summed E-state index contributed by atoms with van der Waals surface area (Å²) in [5.74, 6) is 0.378. The Kier molecular flexibility index (Phi) is 5.19. The molecule has 1 aromatic heterocycles. The van der Waals surface area contributed by atoms with Gasteiger partial charge in [-0.2, -0.15) is 0 Å². The number of halogens is 2. The lowest BCUT2D eigenvalue weighted by Gasteiger charge is -2.07. The Labute approximate surface area is 154 Å². The fourth-order valence-electron chi connectivity index (χ4n) is 2.22. The first-order chi connectivity index (χ1) is 11.6. The molecule has 0 aliphatic heterocycles. The monoisotopic (exact) mass is 377 g/mol. The summed E-state index contributed by atoms with van der Waals surface area (Å²) in [6.45, 7) is 0. The van der Waals surface area contributed by atoms with Crippen molar-refractivity contribution in [3.8, 4) is 11.3 Å². The van der Waals surface area contributed by atoms with E-state index in [1.165, 1.54) is 0 Å². The molecule has 0 radical (unpaired) electrons. The molecule has 0 saturated carbocycles. The highest BCUT2D eigenvalue weighted by molar-refractivity contribution is 7.98. The number of nitrogens with one attached hydrogen (secondary N) is 1. The lowest BCUT2D eigenvalue weighted by Crippen LogP contribution is -2.11. The first kappa shape index (κ1) is 17.0. The van der Waals surface area contributed by atoms with Crippen LogP contribution >= 0.6 is 35.0 Å². The van der Waals surface area contributed by atoms with Gasteiger partial charge >= 0.3 is 0 Å². The molecule has 0 bridgehead atoms. The molecule has 6 heteroatoms. The molecule has 0 spiro atoms. The van der Waals surface area contributed by atoms with Crippen molar-refractivity contribution in [2.45, 2.75) is 4.90 Å². The van der Waals surface area contributed by atoms with E-state index in [-0.39, 0.29) is 11.7 Å². The quantitative estimate of drug-likeness (QED) is 0.548. The van der Waals surface area contributed by atoms with E-state index < -0.39 is 0 Å². The van der Waals surface area contributed by atoms with Gasteiger partial charge in [-0.15, -0.1) is 11.8 Å².